The van der Waals surface area contributed by atoms with E-state index in [1.807, 2.05) is 4.90 Å². The first-order valence-electron chi connectivity index (χ1n) is 8.42. The van der Waals surface area contributed by atoms with Crippen LogP contribution >= 0.6 is 0 Å². The van der Waals surface area contributed by atoms with Gasteiger partial charge in [-0.1, -0.05) is 12.1 Å². The van der Waals surface area contributed by atoms with Gasteiger partial charge < -0.3 is 14.2 Å². The maximum atomic E-state index is 12.6. The molecule has 2 saturated heterocycles. The first-order valence-corrected chi connectivity index (χ1v) is 8.42. The highest BCUT2D eigenvalue weighted by atomic mass is 16.5. The molecule has 1 aromatic heterocycles. The van der Waals surface area contributed by atoms with Crippen LogP contribution in [0, 0.1) is 0 Å². The van der Waals surface area contributed by atoms with Crippen LogP contribution in [0.3, 0.4) is 0 Å². The molecule has 1 amide bonds. The lowest BCUT2D eigenvalue weighted by Gasteiger charge is -2.38. The van der Waals surface area contributed by atoms with Gasteiger partial charge in [-0.2, -0.15) is 0 Å². The number of hydrogen-bond acceptors (Lipinski definition) is 6. The van der Waals surface area contributed by atoms with Crippen molar-refractivity contribution in [3.05, 3.63) is 17.5 Å². The van der Waals surface area contributed by atoms with Crippen molar-refractivity contribution in [1.29, 1.82) is 0 Å². The molecule has 3 heterocycles. The summed E-state index contributed by atoms with van der Waals surface area (Å²) < 4.78 is 10.7. The Morgan fingerprint density at radius 1 is 1.30 bits per heavy atom. The number of morpholine rings is 1. The SMILES string of the molecule is CCC1CN(C(=O)c2cc(CN3CCOCC3)on2)CCN1C. The van der Waals surface area contributed by atoms with Crippen molar-refractivity contribution in [2.75, 3.05) is 53.0 Å². The molecular formula is C16H26N4O3. The Bertz CT molecular complexity index is 527. The lowest BCUT2D eigenvalue weighted by molar-refractivity contribution is 0.0305. The number of aromatic nitrogens is 1. The molecule has 0 N–H and O–H groups in total. The Morgan fingerprint density at radius 3 is 2.83 bits per heavy atom. The smallest absolute Gasteiger partial charge is 0.276 e. The number of hydrogen-bond donors (Lipinski definition) is 0. The lowest BCUT2D eigenvalue weighted by Crippen LogP contribution is -2.53. The summed E-state index contributed by atoms with van der Waals surface area (Å²) in [4.78, 5) is 19.1. The Balaban J connectivity index is 1.59. The number of nitrogens with zero attached hydrogens (tertiary/aromatic N) is 4. The average molecular weight is 322 g/mol. The number of carbonyl (C=O) groups excluding carboxylic acids is 1. The van der Waals surface area contributed by atoms with Crippen LogP contribution in [0.25, 0.3) is 0 Å². The summed E-state index contributed by atoms with van der Waals surface area (Å²) in [5.41, 5.74) is 0.424. The molecule has 2 fully saturated rings. The molecule has 1 aromatic rings. The number of rotatable bonds is 4. The number of amides is 1. The van der Waals surface area contributed by atoms with Gasteiger partial charge in [-0.25, -0.2) is 0 Å². The zero-order chi connectivity index (χ0) is 16.2. The molecule has 0 bridgehead atoms. The molecule has 0 saturated carbocycles. The molecule has 7 heteroatoms. The van der Waals surface area contributed by atoms with Crippen molar-refractivity contribution in [2.45, 2.75) is 25.9 Å². The third kappa shape index (κ3) is 3.91. The van der Waals surface area contributed by atoms with Crippen molar-refractivity contribution in [1.82, 2.24) is 19.9 Å². The van der Waals surface area contributed by atoms with E-state index in [4.69, 9.17) is 9.26 Å². The van der Waals surface area contributed by atoms with Gasteiger partial charge in [0, 0.05) is 44.8 Å². The number of likely N-dealkylation sites (N-methyl/N-ethyl adjacent to an activating group) is 1. The van der Waals surface area contributed by atoms with Gasteiger partial charge in [0.15, 0.2) is 11.5 Å². The normalized spacial score (nSPS) is 24.1. The summed E-state index contributed by atoms with van der Waals surface area (Å²) in [6.45, 7) is 8.54. The largest absolute Gasteiger partial charge is 0.379 e. The van der Waals surface area contributed by atoms with Crippen molar-refractivity contribution in [3.8, 4) is 0 Å². The van der Waals surface area contributed by atoms with Gasteiger partial charge in [-0.05, 0) is 13.5 Å². The van der Waals surface area contributed by atoms with Crippen molar-refractivity contribution in [2.24, 2.45) is 0 Å². The second-order valence-electron chi connectivity index (χ2n) is 6.36. The molecule has 2 aliphatic heterocycles. The molecular weight excluding hydrogens is 296 g/mol. The van der Waals surface area contributed by atoms with E-state index in [1.165, 1.54) is 0 Å². The summed E-state index contributed by atoms with van der Waals surface area (Å²) in [6, 6.07) is 2.21. The van der Waals surface area contributed by atoms with E-state index in [-0.39, 0.29) is 5.91 Å². The van der Waals surface area contributed by atoms with Crippen LogP contribution in [0.1, 0.15) is 29.6 Å². The van der Waals surface area contributed by atoms with E-state index >= 15 is 0 Å². The minimum absolute atomic E-state index is 0.0199. The summed E-state index contributed by atoms with van der Waals surface area (Å²) >= 11 is 0. The molecule has 1 unspecified atom stereocenters. The topological polar surface area (TPSA) is 62.1 Å². The minimum Gasteiger partial charge on any atom is -0.379 e. The summed E-state index contributed by atoms with van der Waals surface area (Å²) in [6.07, 6.45) is 1.04. The van der Waals surface area contributed by atoms with Crippen molar-refractivity contribution < 1.29 is 14.1 Å². The van der Waals surface area contributed by atoms with Crippen molar-refractivity contribution >= 4 is 5.91 Å². The van der Waals surface area contributed by atoms with Crippen LogP contribution in [0.5, 0.6) is 0 Å². The zero-order valence-electron chi connectivity index (χ0n) is 14.0. The Kier molecular flexibility index (Phi) is 5.30. The van der Waals surface area contributed by atoms with Crippen molar-refractivity contribution in [3.63, 3.8) is 0 Å². The highest BCUT2D eigenvalue weighted by molar-refractivity contribution is 5.92. The van der Waals surface area contributed by atoms with Gasteiger partial charge in [0.25, 0.3) is 5.91 Å². The molecule has 128 valence electrons. The predicted octanol–water partition coefficient (Wildman–Crippen LogP) is 0.673. The fourth-order valence-electron chi connectivity index (χ4n) is 3.20. The maximum Gasteiger partial charge on any atom is 0.276 e. The third-order valence-electron chi connectivity index (χ3n) is 4.80. The average Bonchev–Trinajstić information content (AvgIpc) is 3.04. The first kappa shape index (κ1) is 16.4. The van der Waals surface area contributed by atoms with Crippen LogP contribution in [0.4, 0.5) is 0 Å². The van der Waals surface area contributed by atoms with Gasteiger partial charge in [0.2, 0.25) is 0 Å². The standard InChI is InChI=1S/C16H26N4O3/c1-3-13-11-20(5-4-18(13)2)16(21)15-10-14(23-17-15)12-19-6-8-22-9-7-19/h10,13H,3-9,11-12H2,1-2H3. The van der Waals surface area contributed by atoms with Crippen LogP contribution in [0.15, 0.2) is 10.6 Å². The Hall–Kier alpha value is -1.44. The van der Waals surface area contributed by atoms with E-state index in [0.29, 0.717) is 18.3 Å². The van der Waals surface area contributed by atoms with Crippen LogP contribution in [0.2, 0.25) is 0 Å². The summed E-state index contributed by atoms with van der Waals surface area (Å²) in [7, 11) is 2.12. The van der Waals surface area contributed by atoms with Gasteiger partial charge in [-0.3, -0.25) is 14.6 Å². The fourth-order valence-corrected chi connectivity index (χ4v) is 3.20. The number of ether oxygens (including phenoxy) is 1. The second kappa shape index (κ2) is 7.42. The highest BCUT2D eigenvalue weighted by Gasteiger charge is 2.28. The van der Waals surface area contributed by atoms with Gasteiger partial charge in [0.05, 0.1) is 19.8 Å². The van der Waals surface area contributed by atoms with Crippen LogP contribution in [-0.4, -0.2) is 84.8 Å². The molecule has 3 rings (SSSR count). The van der Waals surface area contributed by atoms with Gasteiger partial charge in [-0.15, -0.1) is 0 Å². The molecule has 2 aliphatic rings. The van der Waals surface area contributed by atoms with Crippen LogP contribution in [-0.2, 0) is 11.3 Å². The van der Waals surface area contributed by atoms with E-state index in [9.17, 15) is 4.79 Å². The number of piperazine rings is 1. The summed E-state index contributed by atoms with van der Waals surface area (Å²) in [5.74, 6) is 0.727. The Labute approximate surface area is 137 Å². The fraction of sp³-hybridized carbons (Fsp3) is 0.750. The van der Waals surface area contributed by atoms with E-state index in [1.54, 1.807) is 6.07 Å². The number of carbonyl (C=O) groups is 1. The minimum atomic E-state index is -0.0199. The van der Waals surface area contributed by atoms with E-state index in [2.05, 4.69) is 28.9 Å². The highest BCUT2D eigenvalue weighted by Crippen LogP contribution is 2.15. The molecule has 23 heavy (non-hydrogen) atoms. The molecule has 0 aromatic carbocycles. The van der Waals surface area contributed by atoms with Gasteiger partial charge in [0.1, 0.15) is 0 Å². The maximum absolute atomic E-state index is 12.6. The first-order chi connectivity index (χ1) is 11.2. The monoisotopic (exact) mass is 322 g/mol. The lowest BCUT2D eigenvalue weighted by atomic mass is 10.1. The molecule has 0 radical (unpaired) electrons. The molecule has 1 atom stereocenters. The second-order valence-corrected chi connectivity index (χ2v) is 6.36. The molecule has 0 aliphatic carbocycles. The van der Waals surface area contributed by atoms with E-state index < -0.39 is 0 Å². The molecule has 0 spiro atoms. The quantitative estimate of drug-likeness (QED) is 0.812. The summed E-state index contributed by atoms with van der Waals surface area (Å²) in [5, 5.41) is 3.99. The van der Waals surface area contributed by atoms with E-state index in [0.717, 1.165) is 58.1 Å². The predicted molar refractivity (Wildman–Crippen MR) is 85.2 cm³/mol. The van der Waals surface area contributed by atoms with Crippen LogP contribution < -0.4 is 0 Å². The Morgan fingerprint density at radius 2 is 2.09 bits per heavy atom. The third-order valence-corrected chi connectivity index (χ3v) is 4.80. The molecule has 7 nitrogen and oxygen atoms in total. The zero-order valence-corrected chi connectivity index (χ0v) is 14.0. The van der Waals surface area contributed by atoms with Gasteiger partial charge >= 0.3 is 0 Å².